The minimum atomic E-state index is -0.566. The fraction of sp³-hybridized carbons (Fsp3) is 0.662. The molecule has 0 aromatic rings. The second kappa shape index (κ2) is 59.6. The first-order chi connectivity index (χ1) is 34.6. The first-order valence-electron chi connectivity index (χ1n) is 29.1. The number of carbonyl (C=O) groups is 2. The van der Waals surface area contributed by atoms with Crippen molar-refractivity contribution in [2.75, 3.05) is 19.8 Å². The number of rotatable bonds is 52. The minimum absolute atomic E-state index is 0.0597. The monoisotopic (exact) mass is 969 g/mol. The summed E-state index contributed by atoms with van der Waals surface area (Å²) >= 11 is 0. The van der Waals surface area contributed by atoms with Crippen LogP contribution in [0.3, 0.4) is 0 Å². The zero-order chi connectivity index (χ0) is 50.6. The van der Waals surface area contributed by atoms with E-state index in [4.69, 9.17) is 14.2 Å². The summed E-state index contributed by atoms with van der Waals surface area (Å²) in [6, 6.07) is 0. The fourth-order valence-electron chi connectivity index (χ4n) is 7.70. The third-order valence-electron chi connectivity index (χ3n) is 12.0. The molecule has 0 heterocycles. The van der Waals surface area contributed by atoms with Gasteiger partial charge in [0.15, 0.2) is 6.10 Å². The zero-order valence-electron chi connectivity index (χ0n) is 45.7. The van der Waals surface area contributed by atoms with E-state index in [-0.39, 0.29) is 25.2 Å². The molecule has 0 aromatic heterocycles. The highest BCUT2D eigenvalue weighted by atomic mass is 16.6. The molecule has 0 radical (unpaired) electrons. The van der Waals surface area contributed by atoms with E-state index < -0.39 is 6.10 Å². The predicted molar refractivity (Wildman–Crippen MR) is 306 cm³/mol. The third kappa shape index (κ3) is 56.9. The number of carbonyl (C=O) groups excluding carboxylic acids is 2. The molecule has 0 aliphatic carbocycles. The van der Waals surface area contributed by atoms with Crippen LogP contribution in [0.2, 0.25) is 0 Å². The molecule has 1 unspecified atom stereocenters. The largest absolute Gasteiger partial charge is 0.462 e. The van der Waals surface area contributed by atoms with Crippen molar-refractivity contribution in [3.05, 3.63) is 122 Å². The van der Waals surface area contributed by atoms with E-state index in [0.717, 1.165) is 128 Å². The summed E-state index contributed by atoms with van der Waals surface area (Å²) in [6.45, 7) is 7.52. The van der Waals surface area contributed by atoms with Gasteiger partial charge in [0.05, 0.1) is 6.61 Å². The highest BCUT2D eigenvalue weighted by Crippen LogP contribution is 2.14. The average molecular weight is 970 g/mol. The van der Waals surface area contributed by atoms with Crippen LogP contribution in [-0.4, -0.2) is 37.9 Å². The Kier molecular flexibility index (Phi) is 56.5. The number of hydrogen-bond acceptors (Lipinski definition) is 5. The van der Waals surface area contributed by atoms with Crippen molar-refractivity contribution in [2.45, 2.75) is 258 Å². The van der Waals surface area contributed by atoms with Crippen molar-refractivity contribution in [3.8, 4) is 0 Å². The van der Waals surface area contributed by atoms with E-state index in [1.807, 2.05) is 0 Å². The second-order valence-electron chi connectivity index (χ2n) is 18.8. The molecule has 0 spiro atoms. The highest BCUT2D eigenvalue weighted by molar-refractivity contribution is 5.70. The fourth-order valence-corrected chi connectivity index (χ4v) is 7.70. The Morgan fingerprint density at radius 1 is 0.329 bits per heavy atom. The minimum Gasteiger partial charge on any atom is -0.462 e. The Morgan fingerprint density at radius 2 is 0.643 bits per heavy atom. The summed E-state index contributed by atoms with van der Waals surface area (Å²) in [7, 11) is 0. The summed E-state index contributed by atoms with van der Waals surface area (Å²) in [5.74, 6) is -0.440. The lowest BCUT2D eigenvalue weighted by atomic mass is 10.1. The Hall–Kier alpha value is -3.70. The molecule has 0 amide bonds. The van der Waals surface area contributed by atoms with E-state index in [2.05, 4.69) is 142 Å². The summed E-state index contributed by atoms with van der Waals surface area (Å²) in [5, 5.41) is 0. The molecule has 5 nitrogen and oxygen atoms in total. The number of allylic oxidation sites excluding steroid dienone is 20. The maximum Gasteiger partial charge on any atom is 0.306 e. The molecule has 0 saturated heterocycles. The van der Waals surface area contributed by atoms with Crippen LogP contribution >= 0.6 is 0 Å². The standard InChI is InChI=1S/C65H108O5/c1-4-7-10-13-16-19-22-25-28-30-32-34-36-39-42-45-48-51-54-57-60-68-61-63(70-65(67)59-56-53-50-47-44-41-37-27-24-21-18-15-12-9-6-3)62-69-64(66)58-55-52-49-46-43-40-38-35-33-31-29-26-23-20-17-14-11-8-5-2/h7,9-10,12,16-21,25-29,32-35,37,63H,4-6,8,11,13-15,22-24,30-31,36,38-62H2,1-3H3/b10-7-,12-9-,19-16-,20-17-,21-18-,28-25-,29-26-,34-32-,35-33-,37-27-. The van der Waals surface area contributed by atoms with Gasteiger partial charge in [0.1, 0.15) is 6.61 Å². The maximum atomic E-state index is 12.9. The van der Waals surface area contributed by atoms with Crippen LogP contribution in [0.4, 0.5) is 0 Å². The Balaban J connectivity index is 4.36. The topological polar surface area (TPSA) is 61.8 Å². The molecule has 0 aliphatic heterocycles. The van der Waals surface area contributed by atoms with Gasteiger partial charge in [0, 0.05) is 19.4 Å². The summed E-state index contributed by atoms with van der Waals surface area (Å²) in [4.78, 5) is 25.5. The molecule has 0 fully saturated rings. The number of unbranched alkanes of at least 4 members (excludes halogenated alkanes) is 21. The quantitative estimate of drug-likeness (QED) is 0.0345. The third-order valence-corrected chi connectivity index (χ3v) is 12.0. The zero-order valence-corrected chi connectivity index (χ0v) is 45.7. The SMILES string of the molecule is CC/C=C\C/C=C\C/C=C\C/C=C\CCCCCCCCCOCC(COC(=O)CCCCCCCC/C=C\C/C=C\C/C=C\CCCCC)OC(=O)CCCCCCC/C=C\C/C=C\C/C=C\CC. The highest BCUT2D eigenvalue weighted by Gasteiger charge is 2.17. The molecule has 0 aliphatic rings. The van der Waals surface area contributed by atoms with Gasteiger partial charge in [-0.25, -0.2) is 0 Å². The van der Waals surface area contributed by atoms with Gasteiger partial charge in [-0.1, -0.05) is 232 Å². The van der Waals surface area contributed by atoms with Crippen LogP contribution in [0.25, 0.3) is 0 Å². The van der Waals surface area contributed by atoms with Crippen molar-refractivity contribution in [2.24, 2.45) is 0 Å². The average Bonchev–Trinajstić information content (AvgIpc) is 3.36. The van der Waals surface area contributed by atoms with E-state index in [1.165, 1.54) is 89.9 Å². The van der Waals surface area contributed by atoms with Gasteiger partial charge >= 0.3 is 11.9 Å². The molecule has 0 saturated carbocycles. The smallest absolute Gasteiger partial charge is 0.306 e. The molecule has 0 aromatic carbocycles. The van der Waals surface area contributed by atoms with Gasteiger partial charge < -0.3 is 14.2 Å². The molecule has 398 valence electrons. The lowest BCUT2D eigenvalue weighted by Gasteiger charge is -2.18. The van der Waals surface area contributed by atoms with Crippen molar-refractivity contribution < 1.29 is 23.8 Å². The van der Waals surface area contributed by atoms with Crippen LogP contribution in [0.5, 0.6) is 0 Å². The molecule has 0 rings (SSSR count). The first kappa shape index (κ1) is 66.3. The predicted octanol–water partition coefficient (Wildman–Crippen LogP) is 20.1. The molecular formula is C65H108O5. The number of esters is 2. The van der Waals surface area contributed by atoms with E-state index in [9.17, 15) is 9.59 Å². The van der Waals surface area contributed by atoms with Gasteiger partial charge in [0.25, 0.3) is 0 Å². The lowest BCUT2D eigenvalue weighted by Crippen LogP contribution is -2.30. The van der Waals surface area contributed by atoms with Crippen molar-refractivity contribution in [1.29, 1.82) is 0 Å². The van der Waals surface area contributed by atoms with Gasteiger partial charge in [-0.15, -0.1) is 0 Å². The van der Waals surface area contributed by atoms with Crippen LogP contribution < -0.4 is 0 Å². The molecule has 5 heteroatoms. The Labute approximate surface area is 433 Å². The number of ether oxygens (including phenoxy) is 3. The maximum absolute atomic E-state index is 12.9. The van der Waals surface area contributed by atoms with Gasteiger partial charge in [-0.2, -0.15) is 0 Å². The molecular weight excluding hydrogens is 861 g/mol. The van der Waals surface area contributed by atoms with E-state index in [1.54, 1.807) is 0 Å². The molecule has 70 heavy (non-hydrogen) atoms. The van der Waals surface area contributed by atoms with Crippen molar-refractivity contribution in [3.63, 3.8) is 0 Å². The van der Waals surface area contributed by atoms with Gasteiger partial charge in [-0.05, 0) is 128 Å². The van der Waals surface area contributed by atoms with Gasteiger partial charge in [0.2, 0.25) is 0 Å². The van der Waals surface area contributed by atoms with Crippen LogP contribution in [-0.2, 0) is 23.8 Å². The molecule has 0 N–H and O–H groups in total. The first-order valence-corrected chi connectivity index (χ1v) is 29.1. The summed E-state index contributed by atoms with van der Waals surface area (Å²) in [5.41, 5.74) is 0. The van der Waals surface area contributed by atoms with E-state index >= 15 is 0 Å². The molecule has 0 bridgehead atoms. The van der Waals surface area contributed by atoms with Crippen LogP contribution in [0.15, 0.2) is 122 Å². The van der Waals surface area contributed by atoms with Crippen molar-refractivity contribution >= 4 is 11.9 Å². The van der Waals surface area contributed by atoms with Crippen LogP contribution in [0, 0.1) is 0 Å². The van der Waals surface area contributed by atoms with Crippen molar-refractivity contribution in [1.82, 2.24) is 0 Å². The van der Waals surface area contributed by atoms with Crippen LogP contribution in [0.1, 0.15) is 252 Å². The van der Waals surface area contributed by atoms with Gasteiger partial charge in [-0.3, -0.25) is 9.59 Å². The van der Waals surface area contributed by atoms with E-state index in [0.29, 0.717) is 19.4 Å². The normalized spacial score (nSPS) is 13.1. The lowest BCUT2D eigenvalue weighted by molar-refractivity contribution is -0.163. The summed E-state index contributed by atoms with van der Waals surface area (Å²) < 4.78 is 17.5. The Bertz CT molecular complexity index is 1420. The summed E-state index contributed by atoms with van der Waals surface area (Å²) in [6.07, 6.45) is 83.6. The molecule has 1 atom stereocenters. The number of hydrogen-bond donors (Lipinski definition) is 0. The second-order valence-corrected chi connectivity index (χ2v) is 18.8. The Morgan fingerprint density at radius 3 is 1.03 bits per heavy atom.